The maximum Gasteiger partial charge on any atom is 0.284 e. The number of rotatable bonds is 4. The van der Waals surface area contributed by atoms with Gasteiger partial charge in [-0.15, -0.1) is 4.09 Å². The van der Waals surface area contributed by atoms with Crippen molar-refractivity contribution in [3.63, 3.8) is 0 Å². The molecule has 0 unspecified atom stereocenters. The molecule has 31 heavy (non-hydrogen) atoms. The summed E-state index contributed by atoms with van der Waals surface area (Å²) in [4.78, 5) is 4.67. The van der Waals surface area contributed by atoms with Gasteiger partial charge >= 0.3 is 0 Å². The average molecular weight is 430 g/mol. The zero-order chi connectivity index (χ0) is 21.6. The molecule has 5 aromatic rings. The number of benzene rings is 2. The van der Waals surface area contributed by atoms with Gasteiger partial charge in [-0.25, -0.2) is 4.98 Å². The van der Waals surface area contributed by atoms with Crippen LogP contribution in [0.5, 0.6) is 0 Å². The molecule has 0 bridgehead atoms. The number of aromatic nitrogens is 5. The second kappa shape index (κ2) is 7.17. The number of nitrogens with zero attached hydrogens (tertiary/aromatic N) is 5. The van der Waals surface area contributed by atoms with Crippen LogP contribution in [0.15, 0.2) is 84.1 Å². The molecule has 0 spiro atoms. The molecule has 3 heterocycles. The Hall–Kier alpha value is -3.78. The Balaban J connectivity index is 1.77. The molecule has 154 valence electrons. The van der Waals surface area contributed by atoms with Crippen molar-refractivity contribution in [2.75, 3.05) is 0 Å². The highest BCUT2D eigenvalue weighted by atomic mass is 32.2. The van der Waals surface area contributed by atoms with E-state index in [1.165, 1.54) is 0 Å². The number of pyridine rings is 1. The maximum absolute atomic E-state index is 13.4. The molecule has 0 amide bonds. The Kier molecular flexibility index (Phi) is 4.44. The van der Waals surface area contributed by atoms with Gasteiger partial charge in [0.25, 0.3) is 10.0 Å². The van der Waals surface area contributed by atoms with Gasteiger partial charge in [0.1, 0.15) is 5.69 Å². The lowest BCUT2D eigenvalue weighted by Gasteiger charge is -2.06. The lowest BCUT2D eigenvalue weighted by molar-refractivity contribution is 0.582. The second-order valence-corrected chi connectivity index (χ2v) is 9.14. The Morgan fingerprint density at radius 1 is 0.871 bits per heavy atom. The normalized spacial score (nSPS) is 11.8. The second-order valence-electron chi connectivity index (χ2n) is 7.37. The van der Waals surface area contributed by atoms with Gasteiger partial charge in [0, 0.05) is 41.5 Å². The third-order valence-electron chi connectivity index (χ3n) is 5.13. The van der Waals surface area contributed by atoms with Crippen molar-refractivity contribution in [2.45, 2.75) is 11.8 Å². The Bertz CT molecular complexity index is 1500. The van der Waals surface area contributed by atoms with E-state index in [0.29, 0.717) is 11.1 Å². The van der Waals surface area contributed by atoms with Crippen molar-refractivity contribution in [2.24, 2.45) is 7.05 Å². The van der Waals surface area contributed by atoms with Crippen molar-refractivity contribution < 1.29 is 8.42 Å². The monoisotopic (exact) mass is 429 g/mol. The van der Waals surface area contributed by atoms with E-state index < -0.39 is 10.0 Å². The zero-order valence-corrected chi connectivity index (χ0v) is 17.8. The highest BCUT2D eigenvalue weighted by Gasteiger charge is 2.25. The maximum atomic E-state index is 13.4. The molecule has 0 aliphatic heterocycles. The molecule has 0 N–H and O–H groups in total. The van der Waals surface area contributed by atoms with Crippen LogP contribution in [-0.2, 0) is 17.1 Å². The van der Waals surface area contributed by atoms with E-state index in [0.717, 1.165) is 26.3 Å². The van der Waals surface area contributed by atoms with Crippen molar-refractivity contribution in [1.29, 1.82) is 0 Å². The van der Waals surface area contributed by atoms with Crippen LogP contribution >= 0.6 is 0 Å². The van der Waals surface area contributed by atoms with Gasteiger partial charge in [-0.05, 0) is 25.1 Å². The van der Waals surface area contributed by atoms with E-state index in [-0.39, 0.29) is 10.5 Å². The molecule has 0 saturated heterocycles. The van der Waals surface area contributed by atoms with E-state index in [4.69, 9.17) is 0 Å². The van der Waals surface area contributed by atoms with Crippen LogP contribution in [0.2, 0.25) is 0 Å². The molecule has 0 saturated carbocycles. The molecule has 2 aromatic carbocycles. The molecular formula is C23H19N5O2S. The summed E-state index contributed by atoms with van der Waals surface area (Å²) in [5, 5.41) is 9.39. The fourth-order valence-electron chi connectivity index (χ4n) is 3.49. The van der Waals surface area contributed by atoms with Gasteiger partial charge < -0.3 is 0 Å². The first kappa shape index (κ1) is 19.2. The standard InChI is InChI=1S/C23H19N5O2S/c1-16-8-10-20(11-9-16)31(29,30)28-23-21(22(26-28)17-6-4-3-5-7-17)12-18(13-24-23)19-14-25-27(2)15-19/h3-15H,1-2H3. The molecule has 0 radical (unpaired) electrons. The number of hydrogen-bond acceptors (Lipinski definition) is 5. The van der Waals surface area contributed by atoms with Crippen LogP contribution in [0.4, 0.5) is 0 Å². The molecule has 0 fully saturated rings. The highest BCUT2D eigenvalue weighted by molar-refractivity contribution is 7.90. The van der Waals surface area contributed by atoms with E-state index in [1.54, 1.807) is 41.3 Å². The third kappa shape index (κ3) is 3.30. The summed E-state index contributed by atoms with van der Waals surface area (Å²) >= 11 is 0. The summed E-state index contributed by atoms with van der Waals surface area (Å²) in [7, 11) is -2.07. The first-order valence-corrected chi connectivity index (χ1v) is 11.1. The summed E-state index contributed by atoms with van der Waals surface area (Å²) in [6.07, 6.45) is 5.29. The first-order valence-electron chi connectivity index (χ1n) is 9.69. The molecular weight excluding hydrogens is 410 g/mol. The minimum Gasteiger partial charge on any atom is -0.275 e. The van der Waals surface area contributed by atoms with Crippen LogP contribution < -0.4 is 0 Å². The molecule has 8 heteroatoms. The summed E-state index contributed by atoms with van der Waals surface area (Å²) < 4.78 is 29.6. The largest absolute Gasteiger partial charge is 0.284 e. The minimum atomic E-state index is -3.92. The molecule has 3 aromatic heterocycles. The van der Waals surface area contributed by atoms with Crippen LogP contribution in [0, 0.1) is 6.92 Å². The number of fused-ring (bicyclic) bond motifs is 1. The lowest BCUT2D eigenvalue weighted by Crippen LogP contribution is -2.15. The summed E-state index contributed by atoms with van der Waals surface area (Å²) in [6.45, 7) is 1.91. The van der Waals surface area contributed by atoms with Crippen molar-refractivity contribution in [3.8, 4) is 22.4 Å². The SMILES string of the molecule is Cc1ccc(S(=O)(=O)n2nc(-c3ccccc3)c3cc(-c4cnn(C)c4)cnc32)cc1. The van der Waals surface area contributed by atoms with Crippen molar-refractivity contribution in [3.05, 3.63) is 84.8 Å². The summed E-state index contributed by atoms with van der Waals surface area (Å²) in [5.41, 5.74) is 4.37. The Morgan fingerprint density at radius 2 is 1.61 bits per heavy atom. The first-order chi connectivity index (χ1) is 14.9. The predicted octanol–water partition coefficient (Wildman–Crippen LogP) is 4.04. The van der Waals surface area contributed by atoms with Gasteiger partial charge in [-0.3, -0.25) is 4.68 Å². The van der Waals surface area contributed by atoms with E-state index in [1.807, 2.05) is 56.6 Å². The molecule has 5 rings (SSSR count). The Labute approximate surface area is 179 Å². The van der Waals surface area contributed by atoms with Crippen molar-refractivity contribution in [1.82, 2.24) is 24.0 Å². The number of aryl methyl sites for hydroxylation is 2. The van der Waals surface area contributed by atoms with Gasteiger partial charge in [-0.2, -0.15) is 18.6 Å². The quantitative estimate of drug-likeness (QED) is 0.431. The fourth-order valence-corrected chi connectivity index (χ4v) is 4.73. The van der Waals surface area contributed by atoms with Crippen LogP contribution in [0.1, 0.15) is 5.56 Å². The van der Waals surface area contributed by atoms with E-state index in [2.05, 4.69) is 15.2 Å². The van der Waals surface area contributed by atoms with Crippen LogP contribution in [0.3, 0.4) is 0 Å². The fraction of sp³-hybridized carbons (Fsp3) is 0.0870. The zero-order valence-electron chi connectivity index (χ0n) is 17.0. The third-order valence-corrected chi connectivity index (χ3v) is 6.70. The van der Waals surface area contributed by atoms with E-state index >= 15 is 0 Å². The molecule has 0 aliphatic carbocycles. The van der Waals surface area contributed by atoms with Gasteiger partial charge in [0.05, 0.1) is 11.1 Å². The van der Waals surface area contributed by atoms with Crippen LogP contribution in [-0.4, -0.2) is 32.4 Å². The smallest absolute Gasteiger partial charge is 0.275 e. The number of hydrogen-bond donors (Lipinski definition) is 0. The van der Waals surface area contributed by atoms with Gasteiger partial charge in [0.15, 0.2) is 5.65 Å². The predicted molar refractivity (Wildman–Crippen MR) is 119 cm³/mol. The average Bonchev–Trinajstić information content (AvgIpc) is 3.38. The summed E-state index contributed by atoms with van der Waals surface area (Å²) in [5.74, 6) is 0. The topological polar surface area (TPSA) is 82.7 Å². The minimum absolute atomic E-state index is 0.167. The van der Waals surface area contributed by atoms with Gasteiger partial charge in [-0.1, -0.05) is 48.0 Å². The van der Waals surface area contributed by atoms with E-state index in [9.17, 15) is 8.42 Å². The van der Waals surface area contributed by atoms with Gasteiger partial charge in [0.2, 0.25) is 0 Å². The molecule has 7 nitrogen and oxygen atoms in total. The lowest BCUT2D eigenvalue weighted by atomic mass is 10.1. The molecule has 0 atom stereocenters. The van der Waals surface area contributed by atoms with Crippen LogP contribution in [0.25, 0.3) is 33.4 Å². The Morgan fingerprint density at radius 3 is 2.29 bits per heavy atom. The molecule has 0 aliphatic rings. The summed E-state index contributed by atoms with van der Waals surface area (Å²) in [6, 6.07) is 18.1. The van der Waals surface area contributed by atoms with Crippen molar-refractivity contribution >= 4 is 21.1 Å². The highest BCUT2D eigenvalue weighted by Crippen LogP contribution is 2.32.